The Labute approximate surface area is 211 Å². The van der Waals surface area contributed by atoms with E-state index in [-0.39, 0.29) is 18.2 Å². The first kappa shape index (κ1) is 22.7. The number of furan rings is 1. The van der Waals surface area contributed by atoms with E-state index in [4.69, 9.17) is 4.42 Å². The first-order valence-electron chi connectivity index (χ1n) is 12.0. The molecule has 1 saturated heterocycles. The molecule has 1 fully saturated rings. The van der Waals surface area contributed by atoms with Crippen LogP contribution in [0.3, 0.4) is 0 Å². The Morgan fingerprint density at radius 2 is 2.03 bits per heavy atom. The maximum absolute atomic E-state index is 12.9. The zero-order valence-electron chi connectivity index (χ0n) is 20.0. The Balaban J connectivity index is 1.24. The van der Waals surface area contributed by atoms with E-state index in [0.29, 0.717) is 47.0 Å². The van der Waals surface area contributed by atoms with E-state index in [0.717, 1.165) is 16.5 Å². The second-order valence-electron chi connectivity index (χ2n) is 9.30. The Kier molecular flexibility index (Phi) is 5.56. The van der Waals surface area contributed by atoms with Crippen molar-refractivity contribution in [1.29, 1.82) is 0 Å². The van der Waals surface area contributed by atoms with Gasteiger partial charge in [-0.05, 0) is 49.1 Å². The van der Waals surface area contributed by atoms with Crippen LogP contribution in [0.2, 0.25) is 0 Å². The molecule has 3 aromatic heterocycles. The number of aromatic nitrogens is 4. The number of carboxylic acids is 1. The number of nitrogens with zero attached hydrogens (tertiary/aromatic N) is 4. The summed E-state index contributed by atoms with van der Waals surface area (Å²) in [6.45, 7) is 2.14. The van der Waals surface area contributed by atoms with E-state index in [2.05, 4.69) is 25.5 Å². The Hall–Kier alpha value is -4.73. The number of hydrogen-bond donors (Lipinski definition) is 3. The summed E-state index contributed by atoms with van der Waals surface area (Å²) in [6, 6.07) is 14.2. The second kappa shape index (κ2) is 9.05. The number of anilines is 2. The molecule has 0 unspecified atom stereocenters. The van der Waals surface area contributed by atoms with Gasteiger partial charge in [0.2, 0.25) is 5.91 Å². The summed E-state index contributed by atoms with van der Waals surface area (Å²) in [4.78, 5) is 36.0. The first-order valence-corrected chi connectivity index (χ1v) is 12.0. The number of carboxylic acid groups (broad SMARTS) is 1. The quantitative estimate of drug-likeness (QED) is 0.315. The third kappa shape index (κ3) is 4.26. The lowest BCUT2D eigenvalue weighted by Crippen LogP contribution is -2.36. The molecule has 3 N–H and O–H groups in total. The van der Waals surface area contributed by atoms with E-state index in [1.165, 1.54) is 0 Å². The lowest BCUT2D eigenvalue weighted by molar-refractivity contribution is -0.138. The predicted molar refractivity (Wildman–Crippen MR) is 138 cm³/mol. The number of hydrogen-bond acceptors (Lipinski definition) is 7. The van der Waals surface area contributed by atoms with Crippen LogP contribution < -0.4 is 10.2 Å². The maximum atomic E-state index is 12.9. The molecule has 2 atom stereocenters. The predicted octanol–water partition coefficient (Wildman–Crippen LogP) is 4.38. The van der Waals surface area contributed by atoms with Gasteiger partial charge in [0, 0.05) is 35.8 Å². The van der Waals surface area contributed by atoms with E-state index in [1.807, 2.05) is 48.5 Å². The number of nitrogens with one attached hydrogen (secondary N) is 2. The smallest absolute Gasteiger partial charge is 0.326 e. The zero-order valence-corrected chi connectivity index (χ0v) is 20.0. The molecule has 0 spiro atoms. The van der Waals surface area contributed by atoms with Crippen molar-refractivity contribution in [3.05, 3.63) is 66.7 Å². The van der Waals surface area contributed by atoms with Gasteiger partial charge in [0.25, 0.3) is 0 Å². The van der Waals surface area contributed by atoms with Crippen LogP contribution in [0.4, 0.5) is 11.5 Å². The van der Waals surface area contributed by atoms with Crippen molar-refractivity contribution in [1.82, 2.24) is 20.2 Å². The standard InChI is InChI=1S/C27H24N6O4/c1-15-30-24-20-7-2-3-8-22(20)37-25(24)26(31-15)33-14-16(9-21(33)27(35)36)10-23(34)32-19-6-4-5-17(11-19)18-12-28-29-13-18/h2-8,11-13,16,21H,9-10,14H2,1H3,(H,28,29)(H,32,34)(H,35,36)/t16-,21-/m1/s1. The molecule has 1 aliphatic rings. The van der Waals surface area contributed by atoms with E-state index in [9.17, 15) is 14.7 Å². The lowest BCUT2D eigenvalue weighted by atomic mass is 10.0. The molecule has 1 amide bonds. The summed E-state index contributed by atoms with van der Waals surface area (Å²) < 4.78 is 6.07. The number of aromatic amines is 1. The van der Waals surface area contributed by atoms with Gasteiger partial charge in [0.15, 0.2) is 11.4 Å². The molecule has 0 bridgehead atoms. The minimum absolute atomic E-state index is 0.173. The number of carbonyl (C=O) groups is 2. The molecule has 10 nitrogen and oxygen atoms in total. The Bertz CT molecular complexity index is 1630. The van der Waals surface area contributed by atoms with Crippen LogP contribution in [0.25, 0.3) is 33.2 Å². The van der Waals surface area contributed by atoms with Crippen LogP contribution >= 0.6 is 0 Å². The minimum atomic E-state index is -0.962. The number of H-pyrrole nitrogens is 1. The molecule has 6 rings (SSSR count). The first-order chi connectivity index (χ1) is 18.0. The summed E-state index contributed by atoms with van der Waals surface area (Å²) >= 11 is 0. The average Bonchev–Trinajstić information content (AvgIpc) is 3.63. The number of rotatable bonds is 6. The lowest BCUT2D eigenvalue weighted by Gasteiger charge is -2.22. The van der Waals surface area contributed by atoms with Crippen LogP contribution in [-0.4, -0.2) is 49.7 Å². The molecule has 1 aliphatic heterocycles. The van der Waals surface area contributed by atoms with Crippen LogP contribution in [0.15, 0.2) is 65.3 Å². The monoisotopic (exact) mass is 496 g/mol. The highest BCUT2D eigenvalue weighted by molar-refractivity contribution is 6.06. The van der Waals surface area contributed by atoms with Gasteiger partial charge in [-0.2, -0.15) is 5.10 Å². The topological polar surface area (TPSA) is 137 Å². The van der Waals surface area contributed by atoms with Gasteiger partial charge >= 0.3 is 5.97 Å². The van der Waals surface area contributed by atoms with Crippen LogP contribution in [-0.2, 0) is 9.59 Å². The largest absolute Gasteiger partial charge is 0.480 e. The van der Waals surface area contributed by atoms with Gasteiger partial charge in [-0.1, -0.05) is 24.3 Å². The van der Waals surface area contributed by atoms with Gasteiger partial charge in [0.05, 0.1) is 6.20 Å². The van der Waals surface area contributed by atoms with Crippen molar-refractivity contribution in [3.63, 3.8) is 0 Å². The van der Waals surface area contributed by atoms with Crippen molar-refractivity contribution in [2.75, 3.05) is 16.8 Å². The summed E-state index contributed by atoms with van der Waals surface area (Å²) in [5.74, 6) is -0.337. The summed E-state index contributed by atoms with van der Waals surface area (Å²) in [5.41, 5.74) is 4.30. The molecule has 0 radical (unpaired) electrons. The van der Waals surface area contributed by atoms with Crippen LogP contribution in [0, 0.1) is 12.8 Å². The number of para-hydroxylation sites is 1. The van der Waals surface area contributed by atoms with Gasteiger partial charge in [-0.15, -0.1) is 0 Å². The van der Waals surface area contributed by atoms with Crippen molar-refractivity contribution >= 4 is 45.5 Å². The van der Waals surface area contributed by atoms with Crippen molar-refractivity contribution in [2.24, 2.45) is 5.92 Å². The van der Waals surface area contributed by atoms with Gasteiger partial charge in [0.1, 0.15) is 23.0 Å². The SMILES string of the molecule is Cc1nc(N2C[C@@H](CC(=O)Nc3cccc(-c4cn[nH]c4)c3)C[C@@H]2C(=O)O)c2oc3ccccc3c2n1. The van der Waals surface area contributed by atoms with Gasteiger partial charge < -0.3 is 19.7 Å². The Morgan fingerprint density at radius 1 is 1.16 bits per heavy atom. The van der Waals surface area contributed by atoms with E-state index >= 15 is 0 Å². The third-order valence-corrected chi connectivity index (χ3v) is 6.71. The molecule has 186 valence electrons. The maximum Gasteiger partial charge on any atom is 0.326 e. The van der Waals surface area contributed by atoms with Crippen molar-refractivity contribution in [2.45, 2.75) is 25.8 Å². The average molecular weight is 497 g/mol. The molecule has 10 heteroatoms. The van der Waals surface area contributed by atoms with Gasteiger partial charge in [-0.3, -0.25) is 9.89 Å². The fourth-order valence-electron chi connectivity index (χ4n) is 5.08. The molecule has 37 heavy (non-hydrogen) atoms. The molecule has 0 aliphatic carbocycles. The van der Waals surface area contributed by atoms with E-state index < -0.39 is 12.0 Å². The highest BCUT2D eigenvalue weighted by Crippen LogP contribution is 2.37. The molecule has 5 aromatic rings. The highest BCUT2D eigenvalue weighted by Gasteiger charge is 2.40. The second-order valence-corrected chi connectivity index (χ2v) is 9.30. The van der Waals surface area contributed by atoms with Crippen molar-refractivity contribution < 1.29 is 19.1 Å². The van der Waals surface area contributed by atoms with Crippen molar-refractivity contribution in [3.8, 4) is 11.1 Å². The zero-order chi connectivity index (χ0) is 25.5. The number of benzene rings is 2. The highest BCUT2D eigenvalue weighted by atomic mass is 16.4. The molecular formula is C27H24N6O4. The summed E-state index contributed by atoms with van der Waals surface area (Å²) in [7, 11) is 0. The summed E-state index contributed by atoms with van der Waals surface area (Å²) in [6.07, 6.45) is 4.01. The Morgan fingerprint density at radius 3 is 2.84 bits per heavy atom. The van der Waals surface area contributed by atoms with Gasteiger partial charge in [-0.25, -0.2) is 14.8 Å². The number of fused-ring (bicyclic) bond motifs is 3. The minimum Gasteiger partial charge on any atom is -0.480 e. The van der Waals surface area contributed by atoms with E-state index in [1.54, 1.807) is 24.2 Å². The summed E-state index contributed by atoms with van der Waals surface area (Å²) in [5, 5.41) is 20.6. The third-order valence-electron chi connectivity index (χ3n) is 6.71. The fourth-order valence-corrected chi connectivity index (χ4v) is 5.08. The number of carbonyl (C=O) groups excluding carboxylic acids is 1. The number of aryl methyl sites for hydroxylation is 1. The van der Waals surface area contributed by atoms with Crippen LogP contribution in [0.1, 0.15) is 18.7 Å². The normalized spacial score (nSPS) is 17.5. The fraction of sp³-hybridized carbons (Fsp3) is 0.222. The van der Waals surface area contributed by atoms with Crippen LogP contribution in [0.5, 0.6) is 0 Å². The number of aliphatic carboxylic acids is 1. The molecule has 0 saturated carbocycles. The molecule has 2 aromatic carbocycles. The molecule has 4 heterocycles. The number of amides is 1. The molecular weight excluding hydrogens is 472 g/mol.